The summed E-state index contributed by atoms with van der Waals surface area (Å²) >= 11 is 0. The van der Waals surface area contributed by atoms with E-state index in [2.05, 4.69) is 27.4 Å². The van der Waals surface area contributed by atoms with Gasteiger partial charge in [-0.1, -0.05) is 48.0 Å². The minimum atomic E-state index is -0.242. The summed E-state index contributed by atoms with van der Waals surface area (Å²) in [5.74, 6) is 0.307. The van der Waals surface area contributed by atoms with E-state index in [1.807, 2.05) is 61.2 Å². The van der Waals surface area contributed by atoms with Gasteiger partial charge in [0.15, 0.2) is 0 Å². The lowest BCUT2D eigenvalue weighted by Gasteiger charge is -2.21. The molecule has 0 aliphatic rings. The normalized spacial score (nSPS) is 10.4. The van der Waals surface area contributed by atoms with Crippen molar-refractivity contribution in [1.82, 2.24) is 9.97 Å². The predicted molar refractivity (Wildman–Crippen MR) is 104 cm³/mol. The Kier molecular flexibility index (Phi) is 5.59. The summed E-state index contributed by atoms with van der Waals surface area (Å²) < 4.78 is 0. The van der Waals surface area contributed by atoms with Crippen molar-refractivity contribution in [3.05, 3.63) is 83.7 Å². The minimum absolute atomic E-state index is 0.242. The second-order valence-electron chi connectivity index (χ2n) is 6.06. The number of anilines is 2. The molecule has 1 aromatic heterocycles. The van der Waals surface area contributed by atoms with Crippen LogP contribution in [0.1, 0.15) is 28.5 Å². The number of aryl methyl sites for hydroxylation is 1. The predicted octanol–water partition coefficient (Wildman–Crippen LogP) is 4.06. The van der Waals surface area contributed by atoms with Crippen molar-refractivity contribution in [3.63, 3.8) is 0 Å². The third-order valence-electron chi connectivity index (χ3n) is 4.07. The molecular weight excluding hydrogens is 324 g/mol. The molecule has 3 rings (SSSR count). The summed E-state index contributed by atoms with van der Waals surface area (Å²) in [5, 5.41) is 2.87. The highest BCUT2D eigenvalue weighted by Crippen LogP contribution is 2.14. The fourth-order valence-electron chi connectivity index (χ4n) is 2.59. The maximum Gasteiger partial charge on any atom is 0.274 e. The number of carbonyl (C=O) groups excluding carboxylic acids is 1. The third kappa shape index (κ3) is 4.45. The molecule has 0 saturated heterocycles. The monoisotopic (exact) mass is 346 g/mol. The standard InChI is InChI=1S/C21H22N4O/c1-3-25(15-17-7-5-4-6-8-17)21-22-14-13-19(24-21)20(26)23-18-11-9-16(2)10-12-18/h4-14H,3,15H2,1-2H3,(H,23,26). The number of hydrogen-bond donors (Lipinski definition) is 1. The Morgan fingerprint density at radius 3 is 2.46 bits per heavy atom. The fraction of sp³-hybridized carbons (Fsp3) is 0.190. The van der Waals surface area contributed by atoms with E-state index in [0.717, 1.165) is 17.8 Å². The lowest BCUT2D eigenvalue weighted by molar-refractivity contribution is 0.102. The van der Waals surface area contributed by atoms with Gasteiger partial charge in [-0.2, -0.15) is 0 Å². The first-order chi connectivity index (χ1) is 12.7. The van der Waals surface area contributed by atoms with E-state index in [0.29, 0.717) is 18.2 Å². The van der Waals surface area contributed by atoms with Crippen LogP contribution in [0.3, 0.4) is 0 Å². The molecule has 0 bridgehead atoms. The summed E-state index contributed by atoms with van der Waals surface area (Å²) in [6.45, 7) is 5.50. The van der Waals surface area contributed by atoms with Gasteiger partial charge in [0.2, 0.25) is 5.95 Å². The number of rotatable bonds is 6. The highest BCUT2D eigenvalue weighted by Gasteiger charge is 2.13. The molecular formula is C21H22N4O. The molecule has 3 aromatic rings. The molecule has 0 radical (unpaired) electrons. The van der Waals surface area contributed by atoms with Crippen LogP contribution in [0.4, 0.5) is 11.6 Å². The minimum Gasteiger partial charge on any atom is -0.337 e. The molecule has 5 nitrogen and oxygen atoms in total. The van der Waals surface area contributed by atoms with Crippen LogP contribution in [0, 0.1) is 6.92 Å². The van der Waals surface area contributed by atoms with Gasteiger partial charge >= 0.3 is 0 Å². The Morgan fingerprint density at radius 1 is 1.04 bits per heavy atom. The first-order valence-corrected chi connectivity index (χ1v) is 8.65. The van der Waals surface area contributed by atoms with Crippen LogP contribution in [-0.2, 0) is 6.54 Å². The summed E-state index contributed by atoms with van der Waals surface area (Å²) in [5.41, 5.74) is 3.42. The van der Waals surface area contributed by atoms with Crippen LogP contribution in [-0.4, -0.2) is 22.4 Å². The number of hydrogen-bond acceptors (Lipinski definition) is 4. The van der Waals surface area contributed by atoms with Gasteiger partial charge in [-0.15, -0.1) is 0 Å². The Bertz CT molecular complexity index is 863. The smallest absolute Gasteiger partial charge is 0.274 e. The first-order valence-electron chi connectivity index (χ1n) is 8.65. The van der Waals surface area contributed by atoms with E-state index in [-0.39, 0.29) is 5.91 Å². The topological polar surface area (TPSA) is 58.1 Å². The summed E-state index contributed by atoms with van der Waals surface area (Å²) in [7, 11) is 0. The molecule has 2 aromatic carbocycles. The van der Waals surface area contributed by atoms with Crippen LogP contribution >= 0.6 is 0 Å². The molecule has 0 saturated carbocycles. The van der Waals surface area contributed by atoms with Crippen LogP contribution in [0.15, 0.2) is 66.9 Å². The van der Waals surface area contributed by atoms with Gasteiger partial charge in [-0.3, -0.25) is 4.79 Å². The summed E-state index contributed by atoms with van der Waals surface area (Å²) in [6.07, 6.45) is 1.63. The second kappa shape index (κ2) is 8.25. The van der Waals surface area contributed by atoms with Crippen molar-refractivity contribution in [3.8, 4) is 0 Å². The van der Waals surface area contributed by atoms with E-state index in [4.69, 9.17) is 0 Å². The highest BCUT2D eigenvalue weighted by molar-refractivity contribution is 6.02. The zero-order valence-electron chi connectivity index (χ0n) is 15.0. The number of amides is 1. The molecule has 1 heterocycles. The quantitative estimate of drug-likeness (QED) is 0.731. The average molecular weight is 346 g/mol. The van der Waals surface area contributed by atoms with Gasteiger partial charge in [0, 0.05) is 25.0 Å². The number of nitrogens with one attached hydrogen (secondary N) is 1. The van der Waals surface area contributed by atoms with E-state index in [9.17, 15) is 4.79 Å². The lowest BCUT2D eigenvalue weighted by Crippen LogP contribution is -2.25. The van der Waals surface area contributed by atoms with Crippen molar-refractivity contribution in [2.45, 2.75) is 20.4 Å². The van der Waals surface area contributed by atoms with Gasteiger partial charge < -0.3 is 10.2 Å². The maximum atomic E-state index is 12.5. The fourth-order valence-corrected chi connectivity index (χ4v) is 2.59. The zero-order chi connectivity index (χ0) is 18.4. The molecule has 1 N–H and O–H groups in total. The van der Waals surface area contributed by atoms with E-state index >= 15 is 0 Å². The van der Waals surface area contributed by atoms with Crippen molar-refractivity contribution >= 4 is 17.5 Å². The molecule has 132 valence electrons. The molecule has 0 aliphatic heterocycles. The van der Waals surface area contributed by atoms with Crippen molar-refractivity contribution in [2.75, 3.05) is 16.8 Å². The van der Waals surface area contributed by atoms with Crippen LogP contribution < -0.4 is 10.2 Å². The van der Waals surface area contributed by atoms with Crippen LogP contribution in [0.2, 0.25) is 0 Å². The van der Waals surface area contributed by atoms with Gasteiger partial charge in [0.25, 0.3) is 5.91 Å². The average Bonchev–Trinajstić information content (AvgIpc) is 2.69. The Hall–Kier alpha value is -3.21. The van der Waals surface area contributed by atoms with Gasteiger partial charge in [-0.25, -0.2) is 9.97 Å². The van der Waals surface area contributed by atoms with Gasteiger partial charge in [0.1, 0.15) is 5.69 Å². The third-order valence-corrected chi connectivity index (χ3v) is 4.07. The Labute approximate surface area is 153 Å². The highest BCUT2D eigenvalue weighted by atomic mass is 16.1. The SMILES string of the molecule is CCN(Cc1ccccc1)c1nccc(C(=O)Nc2ccc(C)cc2)n1. The Morgan fingerprint density at radius 2 is 1.77 bits per heavy atom. The number of aromatic nitrogens is 2. The molecule has 0 spiro atoms. The molecule has 0 atom stereocenters. The lowest BCUT2D eigenvalue weighted by atomic mass is 10.2. The van der Waals surface area contributed by atoms with Crippen LogP contribution in [0.5, 0.6) is 0 Å². The largest absolute Gasteiger partial charge is 0.337 e. The summed E-state index contributed by atoms with van der Waals surface area (Å²) in [4.78, 5) is 23.3. The molecule has 0 unspecified atom stereocenters. The molecule has 0 aliphatic carbocycles. The van der Waals surface area contributed by atoms with E-state index in [1.165, 1.54) is 5.56 Å². The Balaban J connectivity index is 1.75. The molecule has 0 fully saturated rings. The number of nitrogens with zero attached hydrogens (tertiary/aromatic N) is 3. The first kappa shape index (κ1) is 17.6. The van der Waals surface area contributed by atoms with Crippen molar-refractivity contribution in [2.24, 2.45) is 0 Å². The zero-order valence-corrected chi connectivity index (χ0v) is 15.0. The molecule has 26 heavy (non-hydrogen) atoms. The van der Waals surface area contributed by atoms with E-state index < -0.39 is 0 Å². The van der Waals surface area contributed by atoms with Gasteiger partial charge in [-0.05, 0) is 37.6 Å². The van der Waals surface area contributed by atoms with Gasteiger partial charge in [0.05, 0.1) is 0 Å². The summed E-state index contributed by atoms with van der Waals surface area (Å²) in [6, 6.07) is 19.4. The van der Waals surface area contributed by atoms with E-state index in [1.54, 1.807) is 12.3 Å². The van der Waals surface area contributed by atoms with Crippen LogP contribution in [0.25, 0.3) is 0 Å². The van der Waals surface area contributed by atoms with Crippen molar-refractivity contribution < 1.29 is 4.79 Å². The molecule has 5 heteroatoms. The van der Waals surface area contributed by atoms with Crippen molar-refractivity contribution in [1.29, 1.82) is 0 Å². The second-order valence-corrected chi connectivity index (χ2v) is 6.06. The number of benzene rings is 2. The number of carbonyl (C=O) groups is 1. The maximum absolute atomic E-state index is 12.5. The molecule has 1 amide bonds.